The van der Waals surface area contributed by atoms with Crippen molar-refractivity contribution in [3.8, 4) is 0 Å². The number of carbonyl (C=O) groups excluding carboxylic acids is 2. The molecule has 218 valence electrons. The van der Waals surface area contributed by atoms with Crippen molar-refractivity contribution < 1.29 is 48.2 Å². The van der Waals surface area contributed by atoms with Crippen molar-refractivity contribution in [1.29, 1.82) is 0 Å². The first-order valence-corrected chi connectivity index (χ1v) is 14.6. The number of amides is 1. The van der Waals surface area contributed by atoms with Gasteiger partial charge in [-0.25, -0.2) is 4.57 Å². The van der Waals surface area contributed by atoms with Gasteiger partial charge in [0.1, 0.15) is 24.1 Å². The highest BCUT2D eigenvalue weighted by Crippen LogP contribution is 2.44. The lowest BCUT2D eigenvalue weighted by atomic mass is 10.0. The molecule has 0 radical (unpaired) electrons. The average Bonchev–Trinajstić information content (AvgIpc) is 3.14. The molecular weight excluding hydrogens is 519 g/mol. The minimum atomic E-state index is -4.38. The van der Waals surface area contributed by atoms with E-state index >= 15 is 0 Å². The van der Waals surface area contributed by atoms with Crippen LogP contribution in [0, 0.1) is 0 Å². The molecule has 0 spiro atoms. The van der Waals surface area contributed by atoms with Crippen LogP contribution in [0.15, 0.2) is 24.5 Å². The molecule has 13 heteroatoms. The molecule has 1 saturated heterocycles. The SMILES string of the molecule is CCCCCCCCCCC(=O)CCCOP(=O)(O)OC[C@H]1OC(O)[C@H](O)[C@@H]1O.NC(=O)c1cccnc1. The smallest absolute Gasteiger partial charge is 0.387 e. The molecule has 1 fully saturated rings. The van der Waals surface area contributed by atoms with Crippen molar-refractivity contribution in [2.75, 3.05) is 13.2 Å². The van der Waals surface area contributed by atoms with Gasteiger partial charge in [0.2, 0.25) is 5.91 Å². The summed E-state index contributed by atoms with van der Waals surface area (Å²) in [6, 6.07) is 3.29. The van der Waals surface area contributed by atoms with Crippen molar-refractivity contribution in [2.24, 2.45) is 5.73 Å². The molecule has 38 heavy (non-hydrogen) atoms. The normalized spacial score (nSPS) is 22.3. The molecule has 0 saturated carbocycles. The van der Waals surface area contributed by atoms with Gasteiger partial charge in [0.15, 0.2) is 6.29 Å². The van der Waals surface area contributed by atoms with E-state index in [9.17, 15) is 34.4 Å². The molecule has 2 heterocycles. The summed E-state index contributed by atoms with van der Waals surface area (Å²) in [4.78, 5) is 35.5. The second-order valence-corrected chi connectivity index (χ2v) is 10.6. The van der Waals surface area contributed by atoms with E-state index in [0.29, 0.717) is 18.4 Å². The number of hydrogen-bond donors (Lipinski definition) is 5. The number of unbranched alkanes of at least 4 members (excludes halogenated alkanes) is 7. The van der Waals surface area contributed by atoms with E-state index in [1.54, 1.807) is 18.3 Å². The van der Waals surface area contributed by atoms with Crippen LogP contribution in [0.5, 0.6) is 0 Å². The predicted molar refractivity (Wildman–Crippen MR) is 139 cm³/mol. The van der Waals surface area contributed by atoms with Crippen LogP contribution in [0.25, 0.3) is 0 Å². The molecule has 1 amide bonds. The molecule has 0 aromatic carbocycles. The molecule has 0 bridgehead atoms. The van der Waals surface area contributed by atoms with Crippen LogP contribution in [-0.4, -0.2) is 74.7 Å². The number of pyridine rings is 1. The first-order chi connectivity index (χ1) is 18.1. The van der Waals surface area contributed by atoms with E-state index in [1.165, 1.54) is 38.3 Å². The van der Waals surface area contributed by atoms with Crippen LogP contribution >= 0.6 is 7.82 Å². The Balaban J connectivity index is 0.000000671. The molecule has 2 rings (SSSR count). The third-order valence-electron chi connectivity index (χ3n) is 5.85. The highest BCUT2D eigenvalue weighted by Gasteiger charge is 2.42. The Bertz CT molecular complexity index is 845. The molecule has 1 aliphatic rings. The number of Topliss-reactive ketones (excluding diaryl/α,β-unsaturated/α-hetero) is 1. The fourth-order valence-corrected chi connectivity index (χ4v) is 4.38. The maximum Gasteiger partial charge on any atom is 0.472 e. The van der Waals surface area contributed by atoms with Gasteiger partial charge >= 0.3 is 7.82 Å². The van der Waals surface area contributed by atoms with Crippen LogP contribution in [-0.2, 0) is 23.1 Å². The summed E-state index contributed by atoms with van der Waals surface area (Å²) < 4.78 is 26.1. The minimum absolute atomic E-state index is 0.110. The summed E-state index contributed by atoms with van der Waals surface area (Å²) in [5, 5.41) is 28.2. The first kappa shape index (κ1) is 34.3. The number of aromatic nitrogens is 1. The van der Waals surface area contributed by atoms with Crippen molar-refractivity contribution >= 4 is 19.5 Å². The maximum absolute atomic E-state index is 11.8. The van der Waals surface area contributed by atoms with Crippen LogP contribution in [0.1, 0.15) is 87.9 Å². The average molecular weight is 563 g/mol. The monoisotopic (exact) mass is 562 g/mol. The highest BCUT2D eigenvalue weighted by atomic mass is 31.2. The lowest BCUT2D eigenvalue weighted by Crippen LogP contribution is -2.34. The number of nitrogens with zero attached hydrogens (tertiary/aromatic N) is 1. The van der Waals surface area contributed by atoms with Crippen LogP contribution in [0.4, 0.5) is 0 Å². The molecule has 1 aromatic heterocycles. The van der Waals surface area contributed by atoms with E-state index in [0.717, 1.165) is 19.3 Å². The van der Waals surface area contributed by atoms with Crippen molar-refractivity contribution in [2.45, 2.75) is 102 Å². The lowest BCUT2D eigenvalue weighted by Gasteiger charge is -2.17. The van der Waals surface area contributed by atoms with E-state index < -0.39 is 44.9 Å². The Morgan fingerprint density at radius 3 is 2.16 bits per heavy atom. The summed E-state index contributed by atoms with van der Waals surface area (Å²) in [6.45, 7) is 1.55. The quantitative estimate of drug-likeness (QED) is 0.130. The van der Waals surface area contributed by atoms with E-state index in [-0.39, 0.29) is 18.8 Å². The molecule has 1 aromatic rings. The molecule has 2 unspecified atom stereocenters. The summed E-state index contributed by atoms with van der Waals surface area (Å²) in [5.74, 6) is -0.332. The summed E-state index contributed by atoms with van der Waals surface area (Å²) >= 11 is 0. The van der Waals surface area contributed by atoms with E-state index in [1.807, 2.05) is 0 Å². The number of primary amides is 1. The molecule has 1 aliphatic heterocycles. The third kappa shape index (κ3) is 15.0. The number of aliphatic hydroxyl groups is 3. The Kier molecular flexibility index (Phi) is 17.4. The van der Waals surface area contributed by atoms with Crippen molar-refractivity contribution in [3.05, 3.63) is 30.1 Å². The summed E-state index contributed by atoms with van der Waals surface area (Å²) in [7, 11) is -4.38. The standard InChI is InChI=1S/C19H37O9P.C6H6N2O/c1-2-3-4-5-6-7-8-9-11-15(20)12-10-13-26-29(24,25)27-14-16-17(21)18(22)19(23)28-16;7-6(9)5-2-1-3-8-4-5/h16-19,21-23H,2-14H2,1H3,(H,24,25);1-4H,(H2,7,9)/t16-,17-,18-,19?;/m1./s1. The van der Waals surface area contributed by atoms with Gasteiger partial charge in [-0.1, -0.05) is 51.9 Å². The first-order valence-electron chi connectivity index (χ1n) is 13.1. The van der Waals surface area contributed by atoms with Gasteiger partial charge < -0.3 is 30.7 Å². The Labute approximate surface area is 224 Å². The molecule has 6 N–H and O–H groups in total. The van der Waals surface area contributed by atoms with Crippen LogP contribution < -0.4 is 5.73 Å². The Morgan fingerprint density at radius 1 is 1.00 bits per heavy atom. The number of ether oxygens (including phenoxy) is 1. The van der Waals surface area contributed by atoms with Crippen molar-refractivity contribution in [3.63, 3.8) is 0 Å². The van der Waals surface area contributed by atoms with Crippen LogP contribution in [0.3, 0.4) is 0 Å². The zero-order chi connectivity index (χ0) is 28.4. The predicted octanol–water partition coefficient (Wildman–Crippen LogP) is 2.62. The number of hydrogen-bond acceptors (Lipinski definition) is 10. The fraction of sp³-hybridized carbons (Fsp3) is 0.720. The number of aliphatic hydroxyl groups excluding tert-OH is 3. The lowest BCUT2D eigenvalue weighted by molar-refractivity contribution is -0.132. The maximum atomic E-state index is 11.8. The largest absolute Gasteiger partial charge is 0.472 e. The molecule has 5 atom stereocenters. The van der Waals surface area contributed by atoms with Gasteiger partial charge in [-0.05, 0) is 25.0 Å². The van der Waals surface area contributed by atoms with Gasteiger partial charge in [-0.2, -0.15) is 0 Å². The second-order valence-electron chi connectivity index (χ2n) is 9.12. The van der Waals surface area contributed by atoms with Crippen LogP contribution in [0.2, 0.25) is 0 Å². The number of carbonyl (C=O) groups is 2. The zero-order valence-corrected chi connectivity index (χ0v) is 22.9. The zero-order valence-electron chi connectivity index (χ0n) is 22.0. The number of rotatable bonds is 18. The number of phosphoric ester groups is 1. The Morgan fingerprint density at radius 2 is 1.63 bits per heavy atom. The van der Waals surface area contributed by atoms with Crippen molar-refractivity contribution in [1.82, 2.24) is 4.98 Å². The van der Waals surface area contributed by atoms with E-state index in [2.05, 4.69) is 11.9 Å². The topological polar surface area (TPSA) is 199 Å². The summed E-state index contributed by atoms with van der Waals surface area (Å²) in [6.07, 6.45) is 7.83. The van der Waals surface area contributed by atoms with Gasteiger partial charge in [0.25, 0.3) is 0 Å². The second kappa shape index (κ2) is 19.3. The molecular formula is C25H43N2O10P. The van der Waals surface area contributed by atoms with Gasteiger partial charge in [0, 0.05) is 25.2 Å². The number of ketones is 1. The van der Waals surface area contributed by atoms with Gasteiger partial charge in [-0.15, -0.1) is 0 Å². The van der Waals surface area contributed by atoms with Gasteiger partial charge in [-0.3, -0.25) is 23.6 Å². The minimum Gasteiger partial charge on any atom is -0.387 e. The highest BCUT2D eigenvalue weighted by molar-refractivity contribution is 7.47. The Hall–Kier alpha value is -1.76. The van der Waals surface area contributed by atoms with Gasteiger partial charge in [0.05, 0.1) is 18.8 Å². The number of nitrogens with two attached hydrogens (primary N) is 1. The summed E-state index contributed by atoms with van der Waals surface area (Å²) in [5.41, 5.74) is 5.38. The number of phosphoric acid groups is 1. The third-order valence-corrected chi connectivity index (χ3v) is 6.83. The van der Waals surface area contributed by atoms with E-state index in [4.69, 9.17) is 19.5 Å². The molecule has 12 nitrogen and oxygen atoms in total. The molecule has 0 aliphatic carbocycles. The fourth-order valence-electron chi connectivity index (χ4n) is 3.61.